The fourth-order valence-corrected chi connectivity index (χ4v) is 4.21. The number of para-hydroxylation sites is 1. The zero-order valence-electron chi connectivity index (χ0n) is 14.7. The maximum absolute atomic E-state index is 11.4. The molecule has 0 bridgehead atoms. The Morgan fingerprint density at radius 3 is 2.68 bits per heavy atom. The van der Waals surface area contributed by atoms with Gasteiger partial charge in [0.2, 0.25) is 0 Å². The van der Waals surface area contributed by atoms with E-state index in [1.165, 1.54) is 22.7 Å². The van der Waals surface area contributed by atoms with Gasteiger partial charge in [-0.05, 0) is 41.5 Å². The summed E-state index contributed by atoms with van der Waals surface area (Å²) in [5.41, 5.74) is 5.14. The SMILES string of the molecule is O=C(O)C/C(=C/c1ccc(OCc2cscn2)cc1)c1nc2ccccc2s1. The number of ether oxygens (including phenoxy) is 1. The molecule has 2 heterocycles. The number of rotatable bonds is 7. The van der Waals surface area contributed by atoms with E-state index in [0.29, 0.717) is 12.2 Å². The molecule has 4 aromatic rings. The van der Waals surface area contributed by atoms with Crippen molar-refractivity contribution in [3.8, 4) is 5.75 Å². The van der Waals surface area contributed by atoms with Gasteiger partial charge in [-0.2, -0.15) is 0 Å². The second-order valence-corrected chi connectivity index (χ2v) is 7.81. The molecular weight excluding hydrogens is 392 g/mol. The molecule has 0 aliphatic carbocycles. The van der Waals surface area contributed by atoms with Crippen molar-refractivity contribution in [2.75, 3.05) is 0 Å². The highest BCUT2D eigenvalue weighted by atomic mass is 32.1. The van der Waals surface area contributed by atoms with E-state index >= 15 is 0 Å². The van der Waals surface area contributed by atoms with Gasteiger partial charge in [0.1, 0.15) is 17.4 Å². The van der Waals surface area contributed by atoms with E-state index in [-0.39, 0.29) is 6.42 Å². The summed E-state index contributed by atoms with van der Waals surface area (Å²) in [4.78, 5) is 20.1. The molecule has 0 amide bonds. The van der Waals surface area contributed by atoms with Crippen LogP contribution in [0.15, 0.2) is 59.4 Å². The van der Waals surface area contributed by atoms with Crippen LogP contribution in [0.1, 0.15) is 22.7 Å². The first-order valence-electron chi connectivity index (χ1n) is 8.55. The third-order valence-electron chi connectivity index (χ3n) is 4.00. The summed E-state index contributed by atoms with van der Waals surface area (Å²) in [5.74, 6) is -0.140. The van der Waals surface area contributed by atoms with E-state index in [9.17, 15) is 9.90 Å². The highest BCUT2D eigenvalue weighted by molar-refractivity contribution is 7.19. The molecule has 0 saturated heterocycles. The molecule has 4 rings (SSSR count). The van der Waals surface area contributed by atoms with E-state index in [1.807, 2.05) is 60.0 Å². The summed E-state index contributed by atoms with van der Waals surface area (Å²) in [6.45, 7) is 0.425. The number of aliphatic carboxylic acids is 1. The Bertz CT molecular complexity index is 1080. The molecule has 28 heavy (non-hydrogen) atoms. The summed E-state index contributed by atoms with van der Waals surface area (Å²) in [6.07, 6.45) is 1.79. The number of carboxylic acid groups (broad SMARTS) is 1. The lowest BCUT2D eigenvalue weighted by Gasteiger charge is -2.05. The van der Waals surface area contributed by atoms with Crippen molar-refractivity contribution in [3.63, 3.8) is 0 Å². The summed E-state index contributed by atoms with van der Waals surface area (Å²) in [6, 6.07) is 15.4. The quantitative estimate of drug-likeness (QED) is 0.446. The van der Waals surface area contributed by atoms with Crippen LogP contribution in [0.2, 0.25) is 0 Å². The van der Waals surface area contributed by atoms with E-state index in [2.05, 4.69) is 9.97 Å². The fourth-order valence-electron chi connectivity index (χ4n) is 2.69. The Balaban J connectivity index is 1.56. The van der Waals surface area contributed by atoms with Crippen LogP contribution in [0.4, 0.5) is 0 Å². The molecule has 2 aromatic carbocycles. The topological polar surface area (TPSA) is 72.3 Å². The molecule has 0 unspecified atom stereocenters. The second-order valence-electron chi connectivity index (χ2n) is 6.06. The smallest absolute Gasteiger partial charge is 0.307 e. The van der Waals surface area contributed by atoms with Crippen molar-refractivity contribution in [3.05, 3.63) is 75.7 Å². The Hall–Kier alpha value is -3.03. The summed E-state index contributed by atoms with van der Waals surface area (Å²) < 4.78 is 6.76. The van der Waals surface area contributed by atoms with Crippen molar-refractivity contribution < 1.29 is 14.6 Å². The van der Waals surface area contributed by atoms with E-state index in [0.717, 1.165) is 32.2 Å². The Labute approximate surface area is 169 Å². The summed E-state index contributed by atoms with van der Waals surface area (Å²) in [5, 5.41) is 12.0. The van der Waals surface area contributed by atoms with Gasteiger partial charge in [-0.1, -0.05) is 24.3 Å². The highest BCUT2D eigenvalue weighted by Gasteiger charge is 2.12. The molecule has 0 aliphatic heterocycles. The zero-order valence-corrected chi connectivity index (χ0v) is 16.4. The van der Waals surface area contributed by atoms with Crippen LogP contribution in [0.3, 0.4) is 0 Å². The number of fused-ring (bicyclic) bond motifs is 1. The molecule has 0 radical (unpaired) electrons. The minimum absolute atomic E-state index is 0.0814. The van der Waals surface area contributed by atoms with Crippen molar-refractivity contribution in [1.82, 2.24) is 9.97 Å². The number of nitrogens with zero attached hydrogens (tertiary/aromatic N) is 2. The molecule has 0 fully saturated rings. The molecule has 5 nitrogen and oxygen atoms in total. The van der Waals surface area contributed by atoms with Gasteiger partial charge in [-0.25, -0.2) is 9.97 Å². The lowest BCUT2D eigenvalue weighted by atomic mass is 10.1. The van der Waals surface area contributed by atoms with E-state index in [1.54, 1.807) is 5.51 Å². The maximum Gasteiger partial charge on any atom is 0.307 e. The van der Waals surface area contributed by atoms with Crippen LogP contribution in [0.5, 0.6) is 5.75 Å². The van der Waals surface area contributed by atoms with Gasteiger partial charge in [0.25, 0.3) is 0 Å². The number of thiazole rings is 2. The lowest BCUT2D eigenvalue weighted by molar-refractivity contribution is -0.135. The van der Waals surface area contributed by atoms with Crippen molar-refractivity contribution in [2.45, 2.75) is 13.0 Å². The first-order chi connectivity index (χ1) is 13.7. The van der Waals surface area contributed by atoms with E-state index < -0.39 is 5.97 Å². The van der Waals surface area contributed by atoms with E-state index in [4.69, 9.17) is 4.74 Å². The fraction of sp³-hybridized carbons (Fsp3) is 0.0952. The van der Waals surface area contributed by atoms with Crippen molar-refractivity contribution in [2.24, 2.45) is 0 Å². The number of hydrogen-bond acceptors (Lipinski definition) is 6. The first kappa shape index (κ1) is 18.3. The largest absolute Gasteiger partial charge is 0.487 e. The molecule has 7 heteroatoms. The Morgan fingerprint density at radius 2 is 1.96 bits per heavy atom. The Morgan fingerprint density at radius 1 is 1.14 bits per heavy atom. The number of hydrogen-bond donors (Lipinski definition) is 1. The molecule has 140 valence electrons. The van der Waals surface area contributed by atoms with Crippen LogP contribution in [0, 0.1) is 0 Å². The van der Waals surface area contributed by atoms with Crippen LogP contribution in [0.25, 0.3) is 21.9 Å². The van der Waals surface area contributed by atoms with Gasteiger partial charge in [0.15, 0.2) is 0 Å². The molecule has 0 spiro atoms. The molecule has 2 aromatic heterocycles. The summed E-state index contributed by atoms with van der Waals surface area (Å²) in [7, 11) is 0. The van der Waals surface area contributed by atoms with Crippen LogP contribution in [-0.2, 0) is 11.4 Å². The van der Waals surface area contributed by atoms with Gasteiger partial charge in [0, 0.05) is 5.38 Å². The molecule has 1 N–H and O–H groups in total. The van der Waals surface area contributed by atoms with Crippen molar-refractivity contribution in [1.29, 1.82) is 0 Å². The lowest BCUT2D eigenvalue weighted by Crippen LogP contribution is -1.97. The third-order valence-corrected chi connectivity index (χ3v) is 5.75. The second kappa shape index (κ2) is 8.33. The van der Waals surface area contributed by atoms with Gasteiger partial charge in [-0.3, -0.25) is 4.79 Å². The maximum atomic E-state index is 11.4. The van der Waals surface area contributed by atoms with Gasteiger partial charge in [-0.15, -0.1) is 22.7 Å². The molecule has 0 aliphatic rings. The summed E-state index contributed by atoms with van der Waals surface area (Å²) >= 11 is 3.04. The minimum atomic E-state index is -0.881. The van der Waals surface area contributed by atoms with Gasteiger partial charge >= 0.3 is 5.97 Å². The number of carbonyl (C=O) groups is 1. The van der Waals surface area contributed by atoms with Crippen LogP contribution < -0.4 is 4.74 Å². The predicted molar refractivity (Wildman–Crippen MR) is 113 cm³/mol. The molecule has 0 saturated carbocycles. The predicted octanol–water partition coefficient (Wildman–Crippen LogP) is 5.35. The standard InChI is InChI=1S/C21H16N2O3S2/c24-20(25)10-15(21-23-18-3-1-2-4-19(18)28-21)9-14-5-7-17(8-6-14)26-11-16-12-27-13-22-16/h1-9,12-13H,10-11H2,(H,24,25)/b15-9-. The normalized spacial score (nSPS) is 11.6. The molecule has 0 atom stereocenters. The Kier molecular flexibility index (Phi) is 5.45. The number of carboxylic acids is 1. The highest BCUT2D eigenvalue weighted by Crippen LogP contribution is 2.30. The minimum Gasteiger partial charge on any atom is -0.487 e. The van der Waals surface area contributed by atoms with Crippen LogP contribution in [-0.4, -0.2) is 21.0 Å². The average molecular weight is 409 g/mol. The third kappa shape index (κ3) is 4.44. The number of aromatic nitrogens is 2. The van der Waals surface area contributed by atoms with Gasteiger partial charge < -0.3 is 9.84 Å². The number of benzene rings is 2. The zero-order chi connectivity index (χ0) is 19.3. The van der Waals surface area contributed by atoms with Crippen LogP contribution >= 0.6 is 22.7 Å². The first-order valence-corrected chi connectivity index (χ1v) is 10.3. The van der Waals surface area contributed by atoms with Crippen molar-refractivity contribution >= 4 is 50.5 Å². The van der Waals surface area contributed by atoms with Gasteiger partial charge in [0.05, 0.1) is 27.8 Å². The molecular formula is C21H16N2O3S2. The average Bonchev–Trinajstić information content (AvgIpc) is 3.36. The monoisotopic (exact) mass is 408 g/mol.